The second kappa shape index (κ2) is 3.21. The van der Waals surface area contributed by atoms with Crippen LogP contribution in [0.25, 0.3) is 0 Å². The quantitative estimate of drug-likeness (QED) is 0.686. The maximum atomic E-state index is 12.0. The molecular weight excluding hydrogens is 180 g/mol. The van der Waals surface area contributed by atoms with Gasteiger partial charge in [-0.1, -0.05) is 0 Å². The zero-order chi connectivity index (χ0) is 10.2. The molecule has 1 fully saturated rings. The first-order valence-electron chi connectivity index (χ1n) is 4.14. The fraction of sp³-hybridized carbons (Fsp3) is 0.875. The minimum atomic E-state index is -2.38. The highest BCUT2D eigenvalue weighted by Gasteiger charge is 2.46. The first kappa shape index (κ1) is 10.4. The van der Waals surface area contributed by atoms with Crippen LogP contribution >= 0.6 is 0 Å². The topological polar surface area (TPSA) is 49.3 Å². The van der Waals surface area contributed by atoms with E-state index < -0.39 is 29.9 Å². The van der Waals surface area contributed by atoms with Crippen molar-refractivity contribution in [2.24, 2.45) is 5.92 Å². The van der Waals surface area contributed by atoms with Gasteiger partial charge in [-0.3, -0.25) is 4.79 Å². The molecule has 0 aromatic rings. The van der Waals surface area contributed by atoms with Gasteiger partial charge in [0.15, 0.2) is 0 Å². The first-order chi connectivity index (χ1) is 5.82. The van der Waals surface area contributed by atoms with Gasteiger partial charge < -0.3 is 10.4 Å². The molecular formula is C8H13F2NO2. The molecule has 0 aromatic carbocycles. The summed E-state index contributed by atoms with van der Waals surface area (Å²) in [5.41, 5.74) is -1.49. The summed E-state index contributed by atoms with van der Waals surface area (Å²) >= 11 is 0. The van der Waals surface area contributed by atoms with Gasteiger partial charge in [0.1, 0.15) is 5.60 Å². The molecule has 76 valence electrons. The molecule has 1 rings (SSSR count). The number of rotatable bonds is 3. The first-order valence-corrected chi connectivity index (χ1v) is 4.14. The molecule has 1 saturated carbocycles. The van der Waals surface area contributed by atoms with Crippen molar-refractivity contribution in [2.75, 3.05) is 0 Å². The maximum Gasteiger partial charge on any atom is 0.251 e. The number of carbonyl (C=O) groups excluding carboxylic acids is 1. The van der Waals surface area contributed by atoms with E-state index in [-0.39, 0.29) is 0 Å². The van der Waals surface area contributed by atoms with E-state index in [1.807, 2.05) is 0 Å². The summed E-state index contributed by atoms with van der Waals surface area (Å²) in [6, 6.07) is -0.459. The molecule has 2 atom stereocenters. The van der Waals surface area contributed by atoms with Gasteiger partial charge in [-0.05, 0) is 20.3 Å². The monoisotopic (exact) mass is 193 g/mol. The van der Waals surface area contributed by atoms with Crippen molar-refractivity contribution in [3.05, 3.63) is 0 Å². The van der Waals surface area contributed by atoms with E-state index in [0.717, 1.165) is 0 Å². The molecule has 5 heteroatoms. The van der Waals surface area contributed by atoms with Crippen LogP contribution in [0.5, 0.6) is 0 Å². The number of alkyl halides is 2. The second-order valence-electron chi connectivity index (χ2n) is 3.87. The van der Waals surface area contributed by atoms with Gasteiger partial charge in [0.2, 0.25) is 6.43 Å². The molecule has 3 nitrogen and oxygen atoms in total. The third kappa shape index (κ3) is 2.62. The Balaban J connectivity index is 2.33. The highest BCUT2D eigenvalue weighted by molar-refractivity contribution is 5.84. The maximum absolute atomic E-state index is 12.0. The van der Waals surface area contributed by atoms with Crippen LogP contribution in [0.4, 0.5) is 8.78 Å². The molecule has 0 heterocycles. The lowest BCUT2D eigenvalue weighted by Gasteiger charge is -2.16. The normalized spacial score (nSPS) is 27.5. The van der Waals surface area contributed by atoms with E-state index in [0.29, 0.717) is 6.42 Å². The fourth-order valence-corrected chi connectivity index (χ4v) is 1.00. The second-order valence-corrected chi connectivity index (χ2v) is 3.87. The minimum Gasteiger partial charge on any atom is -0.381 e. The SMILES string of the molecule is CC(C)(O)C(=O)N[C@H]1C[C@@H]1C(F)F. The van der Waals surface area contributed by atoms with Crippen LogP contribution in [0.15, 0.2) is 0 Å². The van der Waals surface area contributed by atoms with Crippen LogP contribution < -0.4 is 5.32 Å². The van der Waals surface area contributed by atoms with Gasteiger partial charge in [0.05, 0.1) is 0 Å². The Morgan fingerprint density at radius 2 is 2.15 bits per heavy atom. The smallest absolute Gasteiger partial charge is 0.251 e. The summed E-state index contributed by atoms with van der Waals surface area (Å²) in [5.74, 6) is -1.33. The van der Waals surface area contributed by atoms with Crippen LogP contribution in [0.3, 0.4) is 0 Å². The van der Waals surface area contributed by atoms with E-state index in [1.54, 1.807) is 0 Å². The summed E-state index contributed by atoms with van der Waals surface area (Å²) in [4.78, 5) is 11.1. The number of hydrogen-bond acceptors (Lipinski definition) is 2. The zero-order valence-corrected chi connectivity index (χ0v) is 7.55. The predicted octanol–water partition coefficient (Wildman–Crippen LogP) is 0.527. The van der Waals surface area contributed by atoms with Gasteiger partial charge in [-0.25, -0.2) is 8.78 Å². The molecule has 1 aliphatic rings. The van der Waals surface area contributed by atoms with Gasteiger partial charge in [-0.2, -0.15) is 0 Å². The summed E-state index contributed by atoms with van der Waals surface area (Å²) < 4.78 is 24.0. The Morgan fingerprint density at radius 3 is 2.46 bits per heavy atom. The molecule has 1 aliphatic carbocycles. The van der Waals surface area contributed by atoms with E-state index >= 15 is 0 Å². The number of aliphatic hydroxyl groups is 1. The van der Waals surface area contributed by atoms with Crippen molar-refractivity contribution in [2.45, 2.75) is 38.3 Å². The van der Waals surface area contributed by atoms with Gasteiger partial charge in [0.25, 0.3) is 5.91 Å². The molecule has 0 unspecified atom stereocenters. The lowest BCUT2D eigenvalue weighted by Crippen LogP contribution is -2.43. The number of amides is 1. The van der Waals surface area contributed by atoms with Gasteiger partial charge in [-0.15, -0.1) is 0 Å². The Labute approximate surface area is 75.1 Å². The summed E-state index contributed by atoms with van der Waals surface area (Å²) in [6.45, 7) is 2.64. The third-order valence-electron chi connectivity index (χ3n) is 2.04. The fourth-order valence-electron chi connectivity index (χ4n) is 1.00. The van der Waals surface area contributed by atoms with Crippen molar-refractivity contribution in [3.63, 3.8) is 0 Å². The molecule has 0 aromatic heterocycles. The van der Waals surface area contributed by atoms with Crippen LogP contribution in [0, 0.1) is 5.92 Å². The number of nitrogens with one attached hydrogen (secondary N) is 1. The Bertz CT molecular complexity index is 213. The van der Waals surface area contributed by atoms with Crippen molar-refractivity contribution in [1.29, 1.82) is 0 Å². The summed E-state index contributed by atoms with van der Waals surface area (Å²) in [7, 11) is 0. The van der Waals surface area contributed by atoms with Crippen LogP contribution in [-0.2, 0) is 4.79 Å². The van der Waals surface area contributed by atoms with E-state index in [1.165, 1.54) is 13.8 Å². The van der Waals surface area contributed by atoms with E-state index in [9.17, 15) is 18.7 Å². The van der Waals surface area contributed by atoms with Crippen LogP contribution in [0.1, 0.15) is 20.3 Å². The Hall–Kier alpha value is -0.710. The third-order valence-corrected chi connectivity index (χ3v) is 2.04. The Morgan fingerprint density at radius 1 is 1.62 bits per heavy atom. The van der Waals surface area contributed by atoms with E-state index in [4.69, 9.17) is 0 Å². The van der Waals surface area contributed by atoms with Crippen molar-refractivity contribution >= 4 is 5.91 Å². The van der Waals surface area contributed by atoms with Crippen molar-refractivity contribution in [1.82, 2.24) is 5.32 Å². The zero-order valence-electron chi connectivity index (χ0n) is 7.55. The number of halogens is 2. The standard InChI is InChI=1S/C8H13F2NO2/c1-8(2,13)7(12)11-5-3-4(5)6(9)10/h4-6,13H,3H2,1-2H3,(H,11,12)/t4-,5-/m0/s1. The summed E-state index contributed by atoms with van der Waals surface area (Å²) in [6.07, 6.45) is -2.08. The summed E-state index contributed by atoms with van der Waals surface area (Å²) in [5, 5.41) is 11.5. The highest BCUT2D eigenvalue weighted by atomic mass is 19.3. The number of hydrogen-bond donors (Lipinski definition) is 2. The average Bonchev–Trinajstić information content (AvgIpc) is 2.64. The van der Waals surface area contributed by atoms with Crippen LogP contribution in [0.2, 0.25) is 0 Å². The van der Waals surface area contributed by atoms with Gasteiger partial charge in [0, 0.05) is 12.0 Å². The minimum absolute atomic E-state index is 0.305. The molecule has 0 aliphatic heterocycles. The highest BCUT2D eigenvalue weighted by Crippen LogP contribution is 2.36. The van der Waals surface area contributed by atoms with E-state index in [2.05, 4.69) is 5.32 Å². The molecule has 2 N–H and O–H groups in total. The van der Waals surface area contributed by atoms with Crippen molar-refractivity contribution in [3.8, 4) is 0 Å². The van der Waals surface area contributed by atoms with Crippen molar-refractivity contribution < 1.29 is 18.7 Å². The molecule has 0 bridgehead atoms. The number of carbonyl (C=O) groups is 1. The predicted molar refractivity (Wildman–Crippen MR) is 42.3 cm³/mol. The van der Waals surface area contributed by atoms with Crippen LogP contribution in [-0.4, -0.2) is 29.1 Å². The lowest BCUT2D eigenvalue weighted by molar-refractivity contribution is -0.136. The Kier molecular flexibility index (Phi) is 2.56. The molecule has 0 spiro atoms. The molecule has 13 heavy (non-hydrogen) atoms. The molecule has 0 radical (unpaired) electrons. The largest absolute Gasteiger partial charge is 0.381 e. The molecule has 1 amide bonds. The lowest BCUT2D eigenvalue weighted by atomic mass is 10.1. The average molecular weight is 193 g/mol. The van der Waals surface area contributed by atoms with Gasteiger partial charge >= 0.3 is 0 Å². The molecule has 0 saturated heterocycles.